The van der Waals surface area contributed by atoms with Gasteiger partial charge >= 0.3 is 0 Å². The Labute approximate surface area is 192 Å². The molecule has 3 aromatic carbocycles. The molecule has 3 rings (SSSR count). The molecule has 9 heteroatoms. The second-order valence-corrected chi connectivity index (χ2v) is 9.07. The molecule has 0 heterocycles. The molecule has 0 atom stereocenters. The Kier molecular flexibility index (Phi) is 7.50. The quantitative estimate of drug-likeness (QED) is 0.373. The Morgan fingerprint density at radius 1 is 1.03 bits per heavy atom. The lowest BCUT2D eigenvalue weighted by atomic mass is 10.1. The number of methoxy groups -OCH3 is 1. The number of nitrogens with one attached hydrogen (secondary N) is 2. The molecule has 7 nitrogen and oxygen atoms in total. The number of sulfonamides is 1. The van der Waals surface area contributed by atoms with E-state index < -0.39 is 15.9 Å². The lowest BCUT2D eigenvalue weighted by Crippen LogP contribution is -2.20. The number of benzene rings is 3. The number of amides is 1. The van der Waals surface area contributed by atoms with Crippen LogP contribution < -0.4 is 14.9 Å². The van der Waals surface area contributed by atoms with E-state index >= 15 is 0 Å². The number of anilines is 1. The minimum Gasteiger partial charge on any atom is -0.497 e. The van der Waals surface area contributed by atoms with Crippen LogP contribution in [0.25, 0.3) is 0 Å². The molecule has 0 radical (unpaired) electrons. The molecule has 0 aliphatic carbocycles. The van der Waals surface area contributed by atoms with Gasteiger partial charge < -0.3 is 4.74 Å². The molecule has 0 aromatic heterocycles. The van der Waals surface area contributed by atoms with Crippen LogP contribution in [0.5, 0.6) is 5.75 Å². The van der Waals surface area contributed by atoms with Gasteiger partial charge in [0.2, 0.25) is 0 Å². The van der Waals surface area contributed by atoms with Gasteiger partial charge in [-0.15, -0.1) is 0 Å². The van der Waals surface area contributed by atoms with E-state index in [1.165, 1.54) is 24.3 Å². The molecule has 1 amide bonds. The van der Waals surface area contributed by atoms with Crippen LogP contribution in [0.4, 0.5) is 5.69 Å². The Hall–Kier alpha value is -3.36. The number of ether oxygens (including phenoxy) is 1. The molecule has 32 heavy (non-hydrogen) atoms. The zero-order chi connectivity index (χ0) is 23.1. The van der Waals surface area contributed by atoms with Crippen LogP contribution in [0.1, 0.15) is 22.8 Å². The Morgan fingerprint density at radius 3 is 2.38 bits per heavy atom. The number of hydrogen-bond acceptors (Lipinski definition) is 5. The number of hydrogen-bond donors (Lipinski definition) is 2. The van der Waals surface area contributed by atoms with Gasteiger partial charge in [0.15, 0.2) is 0 Å². The van der Waals surface area contributed by atoms with Gasteiger partial charge in [0.25, 0.3) is 15.9 Å². The van der Waals surface area contributed by atoms with Crippen molar-refractivity contribution in [3.8, 4) is 5.75 Å². The fourth-order valence-corrected chi connectivity index (χ4v) is 4.06. The number of rotatable bonds is 8. The average Bonchev–Trinajstić information content (AvgIpc) is 2.79. The number of nitrogens with zero attached hydrogens (tertiary/aromatic N) is 1. The smallest absolute Gasteiger partial charge is 0.271 e. The third-order valence-corrected chi connectivity index (χ3v) is 6.10. The first-order valence-electron chi connectivity index (χ1n) is 9.62. The molecule has 0 aliphatic rings. The van der Waals surface area contributed by atoms with Crippen molar-refractivity contribution in [3.63, 3.8) is 0 Å². The zero-order valence-electron chi connectivity index (χ0n) is 17.5. The highest BCUT2D eigenvalue weighted by molar-refractivity contribution is 7.92. The predicted molar refractivity (Wildman–Crippen MR) is 126 cm³/mol. The first kappa shape index (κ1) is 23.3. The maximum atomic E-state index is 12.7. The SMILES string of the molecule is COc1ccc(CC(C)=NNC(=O)c2cccc(S(=O)(=O)Nc3ccc(Cl)cc3)c2)cc1. The summed E-state index contributed by atoms with van der Waals surface area (Å²) in [5.41, 5.74) is 4.71. The van der Waals surface area contributed by atoms with Crippen LogP contribution >= 0.6 is 11.6 Å². The third-order valence-electron chi connectivity index (χ3n) is 4.47. The molecular formula is C23H22ClN3O4S. The van der Waals surface area contributed by atoms with Crippen molar-refractivity contribution in [1.29, 1.82) is 0 Å². The molecule has 0 aliphatic heterocycles. The van der Waals surface area contributed by atoms with Gasteiger partial charge in [-0.1, -0.05) is 29.8 Å². The summed E-state index contributed by atoms with van der Waals surface area (Å²) in [5.74, 6) is 0.250. The number of hydrazone groups is 1. The zero-order valence-corrected chi connectivity index (χ0v) is 19.1. The highest BCUT2D eigenvalue weighted by Gasteiger charge is 2.16. The molecule has 0 unspecified atom stereocenters. The van der Waals surface area contributed by atoms with Crippen LogP contribution in [0, 0.1) is 0 Å². The summed E-state index contributed by atoms with van der Waals surface area (Å²) in [6.45, 7) is 1.79. The van der Waals surface area contributed by atoms with Crippen LogP contribution in [0.15, 0.2) is 82.8 Å². The van der Waals surface area contributed by atoms with Crippen molar-refractivity contribution in [2.45, 2.75) is 18.2 Å². The average molecular weight is 472 g/mol. The van der Waals surface area contributed by atoms with Crippen LogP contribution in [-0.2, 0) is 16.4 Å². The minimum atomic E-state index is -3.88. The van der Waals surface area contributed by atoms with Gasteiger partial charge in [-0.05, 0) is 67.1 Å². The van der Waals surface area contributed by atoms with E-state index in [1.54, 1.807) is 38.3 Å². The molecule has 0 spiro atoms. The van der Waals surface area contributed by atoms with Crippen LogP contribution in [-0.4, -0.2) is 27.1 Å². The van der Waals surface area contributed by atoms with E-state index in [2.05, 4.69) is 15.2 Å². The third kappa shape index (κ3) is 6.32. The molecule has 0 fully saturated rings. The molecule has 0 bridgehead atoms. The van der Waals surface area contributed by atoms with Gasteiger partial charge in [-0.25, -0.2) is 13.8 Å². The van der Waals surface area contributed by atoms with Crippen molar-refractivity contribution in [2.75, 3.05) is 11.8 Å². The summed E-state index contributed by atoms with van der Waals surface area (Å²) in [4.78, 5) is 12.5. The van der Waals surface area contributed by atoms with Crippen molar-refractivity contribution >= 4 is 38.9 Å². The Balaban J connectivity index is 1.67. The fraction of sp³-hybridized carbons (Fsp3) is 0.130. The van der Waals surface area contributed by atoms with Gasteiger partial charge in [0.05, 0.1) is 12.0 Å². The van der Waals surface area contributed by atoms with Gasteiger partial charge in [-0.3, -0.25) is 9.52 Å². The maximum Gasteiger partial charge on any atom is 0.271 e. The number of carbonyl (C=O) groups is 1. The lowest BCUT2D eigenvalue weighted by molar-refractivity contribution is 0.0954. The van der Waals surface area contributed by atoms with Gasteiger partial charge in [0.1, 0.15) is 5.75 Å². The second kappa shape index (κ2) is 10.3. The van der Waals surface area contributed by atoms with Crippen LogP contribution in [0.3, 0.4) is 0 Å². The number of carbonyl (C=O) groups excluding carboxylic acids is 1. The topological polar surface area (TPSA) is 96.9 Å². The molecule has 0 saturated heterocycles. The largest absolute Gasteiger partial charge is 0.497 e. The Morgan fingerprint density at radius 2 is 1.72 bits per heavy atom. The summed E-state index contributed by atoms with van der Waals surface area (Å²) < 4.78 is 32.9. The summed E-state index contributed by atoms with van der Waals surface area (Å²) >= 11 is 5.83. The van der Waals surface area contributed by atoms with E-state index in [4.69, 9.17) is 16.3 Å². The highest BCUT2D eigenvalue weighted by Crippen LogP contribution is 2.19. The monoisotopic (exact) mass is 471 g/mol. The molecule has 2 N–H and O–H groups in total. The van der Waals surface area contributed by atoms with Crippen molar-refractivity contribution < 1.29 is 17.9 Å². The van der Waals surface area contributed by atoms with E-state index in [1.807, 2.05) is 24.3 Å². The van der Waals surface area contributed by atoms with E-state index in [0.29, 0.717) is 22.8 Å². The first-order chi connectivity index (χ1) is 15.3. The van der Waals surface area contributed by atoms with E-state index in [0.717, 1.165) is 11.3 Å². The molecule has 3 aromatic rings. The summed E-state index contributed by atoms with van der Waals surface area (Å²) in [5, 5.41) is 4.61. The molecule has 0 saturated carbocycles. The van der Waals surface area contributed by atoms with Crippen LogP contribution in [0.2, 0.25) is 5.02 Å². The van der Waals surface area contributed by atoms with Crippen molar-refractivity contribution in [1.82, 2.24) is 5.43 Å². The lowest BCUT2D eigenvalue weighted by Gasteiger charge is -2.09. The highest BCUT2D eigenvalue weighted by atomic mass is 35.5. The van der Waals surface area contributed by atoms with Gasteiger partial charge in [0, 0.05) is 28.4 Å². The van der Waals surface area contributed by atoms with Gasteiger partial charge in [-0.2, -0.15) is 5.10 Å². The van der Waals surface area contributed by atoms with Crippen molar-refractivity contribution in [2.24, 2.45) is 5.10 Å². The fourth-order valence-electron chi connectivity index (χ4n) is 2.83. The number of halogens is 1. The summed E-state index contributed by atoms with van der Waals surface area (Å²) in [6, 6.07) is 19.5. The Bertz CT molecular complexity index is 1220. The second-order valence-electron chi connectivity index (χ2n) is 6.95. The maximum absolute atomic E-state index is 12.7. The summed E-state index contributed by atoms with van der Waals surface area (Å²) in [6.07, 6.45) is 0.545. The normalized spacial score (nSPS) is 11.7. The van der Waals surface area contributed by atoms with E-state index in [-0.39, 0.29) is 10.5 Å². The molecule has 166 valence electrons. The predicted octanol–water partition coefficient (Wildman–Crippen LogP) is 4.50. The van der Waals surface area contributed by atoms with E-state index in [9.17, 15) is 13.2 Å². The molecular weight excluding hydrogens is 450 g/mol. The van der Waals surface area contributed by atoms with Crippen molar-refractivity contribution in [3.05, 3.63) is 88.9 Å². The summed E-state index contributed by atoms with van der Waals surface area (Å²) in [7, 11) is -2.28. The minimum absolute atomic E-state index is 0.0426. The standard InChI is InChI=1S/C23H22ClN3O4S/c1-16(14-17-6-12-21(31-2)13-7-17)25-26-23(28)18-4-3-5-22(15-18)32(29,30)27-20-10-8-19(24)9-11-20/h3-13,15,27H,14H2,1-2H3,(H,26,28). The first-order valence-corrected chi connectivity index (χ1v) is 11.5.